The maximum atomic E-state index is 13.2. The smallest absolute Gasteiger partial charge is 0.136 e. The third-order valence-electron chi connectivity index (χ3n) is 4.00. The van der Waals surface area contributed by atoms with Crippen molar-refractivity contribution in [1.82, 2.24) is 9.71 Å². The van der Waals surface area contributed by atoms with Gasteiger partial charge in [-0.3, -0.25) is 0 Å². The highest BCUT2D eigenvalue weighted by Gasteiger charge is 2.36. The highest BCUT2D eigenvalue weighted by molar-refractivity contribution is 7.90. The summed E-state index contributed by atoms with van der Waals surface area (Å²) in [6.07, 6.45) is 2.33. The Labute approximate surface area is 163 Å². The van der Waals surface area contributed by atoms with E-state index in [0.29, 0.717) is 17.3 Å². The molecule has 0 aliphatic heterocycles. The van der Waals surface area contributed by atoms with E-state index in [4.69, 9.17) is 11.6 Å². The minimum atomic E-state index is -1.28. The lowest BCUT2D eigenvalue weighted by molar-refractivity contribution is 0.425. The van der Waals surface area contributed by atoms with Gasteiger partial charge in [0, 0.05) is 16.9 Å². The number of halogens is 2. The van der Waals surface area contributed by atoms with Crippen molar-refractivity contribution < 1.29 is 8.94 Å². The number of hydrogen-bond donors (Lipinski definition) is 1. The van der Waals surface area contributed by atoms with Crippen molar-refractivity contribution in [2.24, 2.45) is 0 Å². The van der Waals surface area contributed by atoms with Gasteiger partial charge >= 0.3 is 0 Å². The zero-order valence-electron chi connectivity index (χ0n) is 15.5. The third kappa shape index (κ3) is 5.07. The minimum absolute atomic E-state index is 0.310. The molecule has 6 heteroatoms. The number of pyridine rings is 1. The molecule has 1 heterocycles. The Balaban J connectivity index is 2.48. The molecule has 0 bridgehead atoms. The number of hydrogen-bond acceptors (Lipinski definition) is 3. The summed E-state index contributed by atoms with van der Waals surface area (Å²) in [7, 11) is 0. The summed E-state index contributed by atoms with van der Waals surface area (Å²) in [4.78, 5) is 4.35. The fourth-order valence-corrected chi connectivity index (χ4v) is 3.57. The van der Waals surface area contributed by atoms with Gasteiger partial charge in [0.2, 0.25) is 0 Å². The van der Waals surface area contributed by atoms with E-state index in [1.165, 1.54) is 12.1 Å². The van der Waals surface area contributed by atoms with E-state index in [1.807, 2.05) is 33.8 Å². The third-order valence-corrected chi connectivity index (χ3v) is 5.94. The maximum Gasteiger partial charge on any atom is 0.136 e. The molecule has 0 radical (unpaired) electrons. The van der Waals surface area contributed by atoms with Crippen molar-refractivity contribution in [2.75, 3.05) is 0 Å². The fraction of sp³-hybridized carbons (Fsp3) is 0.350. The van der Waals surface area contributed by atoms with E-state index in [-0.39, 0.29) is 5.82 Å². The molecule has 0 saturated heterocycles. The summed E-state index contributed by atoms with van der Waals surface area (Å²) in [5.74, 6) is -0.310. The normalized spacial score (nSPS) is 15.3. The second kappa shape index (κ2) is 8.09. The molecule has 2 aromatic rings. The van der Waals surface area contributed by atoms with E-state index in [9.17, 15) is 8.94 Å². The summed E-state index contributed by atoms with van der Waals surface area (Å²) in [5.41, 5.74) is 1.59. The first-order valence-electron chi connectivity index (χ1n) is 8.30. The van der Waals surface area contributed by atoms with Gasteiger partial charge in [0.15, 0.2) is 0 Å². The lowest BCUT2D eigenvalue weighted by Gasteiger charge is -2.35. The molecule has 0 unspecified atom stereocenters. The van der Waals surface area contributed by atoms with Gasteiger partial charge in [-0.2, -0.15) is 0 Å². The van der Waals surface area contributed by atoms with Crippen LogP contribution in [0, 0.1) is 5.82 Å². The van der Waals surface area contributed by atoms with Gasteiger partial charge in [0.1, 0.15) is 15.7 Å². The van der Waals surface area contributed by atoms with E-state index in [2.05, 4.69) is 16.3 Å². The average Bonchev–Trinajstić information content (AvgIpc) is 2.54. The molecule has 2 atom stereocenters. The lowest BCUT2D eigenvalue weighted by atomic mass is 9.89. The van der Waals surface area contributed by atoms with Crippen molar-refractivity contribution in [3.05, 3.63) is 65.6 Å². The van der Waals surface area contributed by atoms with Crippen LogP contribution in [0.5, 0.6) is 0 Å². The number of nitrogens with one attached hydrogen (secondary N) is 1. The highest BCUT2D eigenvalue weighted by Crippen LogP contribution is 2.32. The summed E-state index contributed by atoms with van der Waals surface area (Å²) in [6, 6.07) is 9.72. The maximum absolute atomic E-state index is 13.2. The topological polar surface area (TPSA) is 48.0 Å². The predicted octanol–water partition coefficient (Wildman–Crippen LogP) is 5.38. The Hall–Kier alpha value is -1.40. The van der Waals surface area contributed by atoms with Crippen LogP contribution in [-0.4, -0.2) is 14.3 Å². The molecular weight excluding hydrogens is 371 g/mol. The number of nitrogens with zero attached hydrogens (tertiary/aromatic N) is 1. The van der Waals surface area contributed by atoms with Gasteiger partial charge in [-0.1, -0.05) is 17.7 Å². The minimum Gasteiger partial charge on any atom is -0.598 e. The molecule has 1 aromatic heterocycles. The summed E-state index contributed by atoms with van der Waals surface area (Å²) in [6.45, 7) is 11.5. The molecule has 0 aliphatic carbocycles. The molecule has 0 spiro atoms. The number of benzene rings is 1. The molecule has 140 valence electrons. The van der Waals surface area contributed by atoms with Crippen LogP contribution in [0.4, 0.5) is 4.39 Å². The Morgan fingerprint density at radius 3 is 2.38 bits per heavy atom. The monoisotopic (exact) mass is 394 g/mol. The van der Waals surface area contributed by atoms with E-state index >= 15 is 0 Å². The molecule has 0 aliphatic rings. The standard InChI is InChI=1S/C20H24ClFN2OS/c1-6-11-20(5,24-26(25)19(2,3)4)15-12-17(23-18(21)13-15)14-7-9-16(22)10-8-14/h6-10,12-13,24H,1,11H2,2-5H3/t20-,26-/m0/s1. The van der Waals surface area contributed by atoms with E-state index in [0.717, 1.165) is 11.1 Å². The van der Waals surface area contributed by atoms with Gasteiger partial charge < -0.3 is 4.55 Å². The van der Waals surface area contributed by atoms with Crippen LogP contribution in [0.3, 0.4) is 0 Å². The lowest BCUT2D eigenvalue weighted by Crippen LogP contribution is -2.49. The number of aromatic nitrogens is 1. The van der Waals surface area contributed by atoms with Crippen LogP contribution in [0.1, 0.15) is 39.7 Å². The molecule has 1 aromatic carbocycles. The molecule has 0 saturated carbocycles. The summed E-state index contributed by atoms with van der Waals surface area (Å²) >= 11 is 4.97. The molecule has 2 rings (SSSR count). The molecule has 1 N–H and O–H groups in total. The highest BCUT2D eigenvalue weighted by atomic mass is 35.5. The van der Waals surface area contributed by atoms with Crippen molar-refractivity contribution in [3.63, 3.8) is 0 Å². The van der Waals surface area contributed by atoms with Gasteiger partial charge in [0.25, 0.3) is 0 Å². The first-order chi connectivity index (χ1) is 12.0. The zero-order chi connectivity index (χ0) is 19.5. The Morgan fingerprint density at radius 1 is 1.23 bits per heavy atom. The van der Waals surface area contributed by atoms with Gasteiger partial charge in [-0.25, -0.2) is 9.37 Å². The van der Waals surface area contributed by atoms with Crippen LogP contribution in [0.25, 0.3) is 11.3 Å². The quantitative estimate of drug-likeness (QED) is 0.406. The predicted molar refractivity (Wildman–Crippen MR) is 108 cm³/mol. The number of rotatable bonds is 6. The van der Waals surface area contributed by atoms with Crippen LogP contribution < -0.4 is 4.72 Å². The SMILES string of the molecule is C=CC[C@](C)(N[S@@+]([O-])C(C)(C)C)c1cc(Cl)nc(-c2ccc(F)cc2)c1. The van der Waals surface area contributed by atoms with Gasteiger partial charge in [-0.05, 0) is 76.1 Å². The summed E-state index contributed by atoms with van der Waals surface area (Å²) < 4.78 is 28.7. The molecular formula is C20H24ClFN2OS. The largest absolute Gasteiger partial charge is 0.598 e. The average molecular weight is 395 g/mol. The fourth-order valence-electron chi connectivity index (χ4n) is 2.45. The van der Waals surface area contributed by atoms with Crippen molar-refractivity contribution in [3.8, 4) is 11.3 Å². The first kappa shape index (κ1) is 20.9. The molecule has 26 heavy (non-hydrogen) atoms. The molecule has 0 amide bonds. The van der Waals surface area contributed by atoms with Gasteiger partial charge in [0.05, 0.1) is 11.2 Å². The van der Waals surface area contributed by atoms with Crippen molar-refractivity contribution in [1.29, 1.82) is 0 Å². The van der Waals surface area contributed by atoms with Crippen LogP contribution in [-0.2, 0) is 16.9 Å². The Morgan fingerprint density at radius 2 is 1.85 bits per heavy atom. The van der Waals surface area contributed by atoms with Crippen LogP contribution >= 0.6 is 11.6 Å². The second-order valence-corrected chi connectivity index (χ2v) is 9.73. The van der Waals surface area contributed by atoms with Crippen LogP contribution in [0.2, 0.25) is 5.15 Å². The zero-order valence-corrected chi connectivity index (χ0v) is 17.0. The Bertz CT molecular complexity index is 776. The van der Waals surface area contributed by atoms with Gasteiger partial charge in [-0.15, -0.1) is 11.3 Å². The van der Waals surface area contributed by atoms with Crippen molar-refractivity contribution in [2.45, 2.75) is 44.4 Å². The van der Waals surface area contributed by atoms with E-state index < -0.39 is 21.6 Å². The van der Waals surface area contributed by atoms with E-state index in [1.54, 1.807) is 24.3 Å². The Kier molecular flexibility index (Phi) is 6.51. The summed E-state index contributed by atoms with van der Waals surface area (Å²) in [5, 5.41) is 0.320. The molecule has 3 nitrogen and oxygen atoms in total. The first-order valence-corrected chi connectivity index (χ1v) is 9.82. The second-order valence-electron chi connectivity index (χ2n) is 7.38. The van der Waals surface area contributed by atoms with Crippen molar-refractivity contribution >= 4 is 23.0 Å². The van der Waals surface area contributed by atoms with Crippen LogP contribution in [0.15, 0.2) is 49.1 Å². The molecule has 0 fully saturated rings.